The van der Waals surface area contributed by atoms with Crippen molar-refractivity contribution in [3.05, 3.63) is 70.4 Å². The van der Waals surface area contributed by atoms with E-state index in [4.69, 9.17) is 15.0 Å². The molecule has 0 spiro atoms. The highest BCUT2D eigenvalue weighted by molar-refractivity contribution is 5.89. The largest absolute Gasteiger partial charge is 0.486 e. The molecule has 1 aliphatic heterocycles. The number of nitrogens with zero attached hydrogens (tertiary/aromatic N) is 4. The van der Waals surface area contributed by atoms with E-state index in [9.17, 15) is 9.18 Å². The number of cyclic esters (lactones) is 1. The molecule has 3 rings (SSSR count). The van der Waals surface area contributed by atoms with Gasteiger partial charge in [0, 0.05) is 11.0 Å². The minimum atomic E-state index is -0.601. The van der Waals surface area contributed by atoms with Gasteiger partial charge in [0.15, 0.2) is 11.6 Å². The monoisotopic (exact) mass is 342 g/mol. The Hall–Kier alpha value is -3.25. The molecular weight excluding hydrogens is 327 g/mol. The Bertz CT molecular complexity index is 809. The summed E-state index contributed by atoms with van der Waals surface area (Å²) < 4.78 is 24.8. The third-order valence-corrected chi connectivity index (χ3v) is 3.69. The van der Waals surface area contributed by atoms with E-state index in [0.717, 1.165) is 5.56 Å². The molecule has 0 bridgehead atoms. The van der Waals surface area contributed by atoms with Crippen LogP contribution in [0.2, 0.25) is 0 Å². The van der Waals surface area contributed by atoms with Crippen molar-refractivity contribution in [2.75, 3.05) is 18.0 Å². The lowest BCUT2D eigenvalue weighted by atomic mass is 10.2. The third kappa shape index (κ3) is 3.99. The summed E-state index contributed by atoms with van der Waals surface area (Å²) in [6.45, 7) is 0.484. The third-order valence-electron chi connectivity index (χ3n) is 3.69. The minimum Gasteiger partial charge on any atom is -0.486 e. The maximum absolute atomic E-state index is 14.3. The van der Waals surface area contributed by atoms with E-state index in [1.807, 2.05) is 30.3 Å². The predicted molar refractivity (Wildman–Crippen MR) is 88.8 cm³/mol. The average Bonchev–Trinajstić information content (AvgIpc) is 3.00. The van der Waals surface area contributed by atoms with Gasteiger partial charge in [0.1, 0.15) is 12.7 Å². The van der Waals surface area contributed by atoms with E-state index in [1.54, 1.807) is 6.07 Å². The molecular formula is C17H15FN4O3. The molecule has 1 aliphatic rings. The number of halogens is 1. The van der Waals surface area contributed by atoms with Crippen LogP contribution in [0.15, 0.2) is 53.6 Å². The molecule has 0 saturated carbocycles. The van der Waals surface area contributed by atoms with Gasteiger partial charge in [-0.05, 0) is 23.2 Å². The molecule has 2 aromatic carbocycles. The average molecular weight is 342 g/mol. The van der Waals surface area contributed by atoms with Gasteiger partial charge in [0.2, 0.25) is 0 Å². The van der Waals surface area contributed by atoms with Gasteiger partial charge >= 0.3 is 6.09 Å². The molecule has 25 heavy (non-hydrogen) atoms. The Kier molecular flexibility index (Phi) is 5.01. The highest BCUT2D eigenvalue weighted by atomic mass is 19.1. The molecule has 0 aliphatic carbocycles. The van der Waals surface area contributed by atoms with Gasteiger partial charge in [-0.15, -0.1) is 0 Å². The number of amides is 1. The zero-order valence-electron chi connectivity index (χ0n) is 13.2. The van der Waals surface area contributed by atoms with Crippen molar-refractivity contribution in [2.45, 2.75) is 12.7 Å². The Morgan fingerprint density at radius 2 is 2.12 bits per heavy atom. The van der Waals surface area contributed by atoms with Gasteiger partial charge in [-0.25, -0.2) is 9.18 Å². The number of hydrogen-bond donors (Lipinski definition) is 0. The maximum atomic E-state index is 14.3. The molecule has 1 fully saturated rings. The molecule has 0 aromatic heterocycles. The SMILES string of the molecule is [N-]=[N+]=NC[C@H]1CN(c2ccc(OCc3ccccc3)c(F)c2)C(=O)O1. The first kappa shape index (κ1) is 16.6. The molecule has 1 heterocycles. The summed E-state index contributed by atoms with van der Waals surface area (Å²) in [4.78, 5) is 15.8. The molecule has 1 atom stereocenters. The minimum absolute atomic E-state index is 0.0412. The Morgan fingerprint density at radius 3 is 2.84 bits per heavy atom. The molecule has 1 saturated heterocycles. The van der Waals surface area contributed by atoms with Gasteiger partial charge in [0.25, 0.3) is 0 Å². The standard InChI is InChI=1S/C17H15FN4O3/c18-15-8-13(22-10-14(9-20-21-19)25-17(22)23)6-7-16(15)24-11-12-4-2-1-3-5-12/h1-8,14H,9-11H2/t14-/m0/s1. The van der Waals surface area contributed by atoms with Crippen molar-refractivity contribution in [1.29, 1.82) is 0 Å². The van der Waals surface area contributed by atoms with Gasteiger partial charge < -0.3 is 9.47 Å². The molecule has 2 aromatic rings. The fraction of sp³-hybridized carbons (Fsp3) is 0.235. The number of rotatable bonds is 6. The van der Waals surface area contributed by atoms with Crippen molar-refractivity contribution < 1.29 is 18.7 Å². The zero-order valence-corrected chi connectivity index (χ0v) is 13.2. The first-order chi connectivity index (χ1) is 12.2. The van der Waals surface area contributed by atoms with Crippen LogP contribution in [0.25, 0.3) is 10.4 Å². The fourth-order valence-corrected chi connectivity index (χ4v) is 2.47. The molecule has 7 nitrogen and oxygen atoms in total. The van der Waals surface area contributed by atoms with Crippen LogP contribution in [0.3, 0.4) is 0 Å². The topological polar surface area (TPSA) is 87.5 Å². The van der Waals surface area contributed by atoms with Crippen LogP contribution in [0.1, 0.15) is 5.56 Å². The van der Waals surface area contributed by atoms with Gasteiger partial charge in [-0.2, -0.15) is 0 Å². The van der Waals surface area contributed by atoms with Crippen LogP contribution in [-0.4, -0.2) is 25.3 Å². The summed E-state index contributed by atoms with van der Waals surface area (Å²) >= 11 is 0. The second kappa shape index (κ2) is 7.55. The van der Waals surface area contributed by atoms with Crippen LogP contribution in [-0.2, 0) is 11.3 Å². The summed E-state index contributed by atoms with van der Waals surface area (Å²) in [6.07, 6.45) is -1.14. The first-order valence-corrected chi connectivity index (χ1v) is 7.62. The van der Waals surface area contributed by atoms with Crippen LogP contribution < -0.4 is 9.64 Å². The summed E-state index contributed by atoms with van der Waals surface area (Å²) in [6, 6.07) is 13.7. The fourth-order valence-electron chi connectivity index (χ4n) is 2.47. The lowest BCUT2D eigenvalue weighted by Crippen LogP contribution is -2.25. The van der Waals surface area contributed by atoms with Crippen molar-refractivity contribution in [2.24, 2.45) is 5.11 Å². The Labute approximate surface area is 143 Å². The van der Waals surface area contributed by atoms with Gasteiger partial charge in [-0.1, -0.05) is 35.4 Å². The van der Waals surface area contributed by atoms with Crippen LogP contribution in [0.4, 0.5) is 14.9 Å². The van der Waals surface area contributed by atoms with E-state index in [1.165, 1.54) is 17.0 Å². The highest BCUT2D eigenvalue weighted by Gasteiger charge is 2.32. The molecule has 0 N–H and O–H groups in total. The van der Waals surface area contributed by atoms with Gasteiger partial charge in [0.05, 0.1) is 18.8 Å². The molecule has 0 radical (unpaired) electrons. The number of benzene rings is 2. The van der Waals surface area contributed by atoms with E-state index >= 15 is 0 Å². The number of carbonyl (C=O) groups excluding carboxylic acids is 1. The lowest BCUT2D eigenvalue weighted by Gasteiger charge is -2.14. The van der Waals surface area contributed by atoms with Crippen LogP contribution in [0, 0.1) is 5.82 Å². The normalized spacial score (nSPS) is 16.3. The zero-order chi connectivity index (χ0) is 17.6. The predicted octanol–water partition coefficient (Wildman–Crippen LogP) is 4.04. The number of azide groups is 1. The number of anilines is 1. The smallest absolute Gasteiger partial charge is 0.414 e. The van der Waals surface area contributed by atoms with Crippen molar-refractivity contribution >= 4 is 11.8 Å². The summed E-state index contributed by atoms with van der Waals surface area (Å²) in [5.41, 5.74) is 9.60. The summed E-state index contributed by atoms with van der Waals surface area (Å²) in [5.74, 6) is -0.467. The van der Waals surface area contributed by atoms with E-state index in [0.29, 0.717) is 5.69 Å². The highest BCUT2D eigenvalue weighted by Crippen LogP contribution is 2.27. The van der Waals surface area contributed by atoms with E-state index in [2.05, 4.69) is 10.0 Å². The second-order valence-corrected chi connectivity index (χ2v) is 5.42. The van der Waals surface area contributed by atoms with E-state index in [-0.39, 0.29) is 25.4 Å². The van der Waals surface area contributed by atoms with Crippen molar-refractivity contribution in [3.8, 4) is 5.75 Å². The second-order valence-electron chi connectivity index (χ2n) is 5.42. The summed E-state index contributed by atoms with van der Waals surface area (Å²) in [5, 5.41) is 3.38. The molecule has 1 amide bonds. The Morgan fingerprint density at radius 1 is 1.32 bits per heavy atom. The molecule has 0 unspecified atom stereocenters. The van der Waals surface area contributed by atoms with Crippen molar-refractivity contribution in [3.63, 3.8) is 0 Å². The summed E-state index contributed by atoms with van der Waals surface area (Å²) in [7, 11) is 0. The quantitative estimate of drug-likeness (QED) is 0.451. The molecule has 128 valence electrons. The van der Waals surface area contributed by atoms with Crippen LogP contribution >= 0.6 is 0 Å². The number of ether oxygens (including phenoxy) is 2. The van der Waals surface area contributed by atoms with Crippen molar-refractivity contribution in [1.82, 2.24) is 0 Å². The molecule has 8 heteroatoms. The van der Waals surface area contributed by atoms with Gasteiger partial charge in [-0.3, -0.25) is 4.90 Å². The first-order valence-electron chi connectivity index (χ1n) is 7.62. The van der Waals surface area contributed by atoms with Crippen LogP contribution in [0.5, 0.6) is 5.75 Å². The van der Waals surface area contributed by atoms with E-state index < -0.39 is 18.0 Å². The maximum Gasteiger partial charge on any atom is 0.414 e. The lowest BCUT2D eigenvalue weighted by molar-refractivity contribution is 0.145. The number of carbonyl (C=O) groups is 1. The number of hydrogen-bond acceptors (Lipinski definition) is 4. The Balaban J connectivity index is 1.67.